The molecule has 1 saturated heterocycles. The summed E-state index contributed by atoms with van der Waals surface area (Å²) in [6, 6.07) is 20.3. The largest absolute Gasteiger partial charge is 0.497 e. The second-order valence-corrected chi connectivity index (χ2v) is 8.52. The summed E-state index contributed by atoms with van der Waals surface area (Å²) < 4.78 is 25.3. The van der Waals surface area contributed by atoms with E-state index in [1.807, 2.05) is 31.2 Å². The van der Waals surface area contributed by atoms with Gasteiger partial charge in [0.15, 0.2) is 10.8 Å². The first kappa shape index (κ1) is 21.2. The molecule has 1 amide bonds. The molecule has 3 aromatic carbocycles. The van der Waals surface area contributed by atoms with Crippen LogP contribution in [0, 0.1) is 11.7 Å². The average Bonchev–Trinajstić information content (AvgIpc) is 2.80. The highest BCUT2D eigenvalue weighted by molar-refractivity contribution is 7.80. The van der Waals surface area contributed by atoms with Crippen LogP contribution in [0.3, 0.4) is 0 Å². The fraction of sp³-hybridized carbons (Fsp3) is 0.200. The number of nitrogens with zero attached hydrogens (tertiary/aromatic N) is 1. The summed E-state index contributed by atoms with van der Waals surface area (Å²) in [7, 11) is 1.59. The van der Waals surface area contributed by atoms with Crippen molar-refractivity contribution in [3.05, 3.63) is 84.2 Å². The summed E-state index contributed by atoms with van der Waals surface area (Å²) in [4.78, 5) is 15.4. The number of methoxy groups -OCH3 is 1. The SMILES string of the molecule is COc1ccc(NC(=O)[C@@H]2[C@@H]3NC(=S)N(c4ccc(F)cc4)[C@]2(C)Oc2ccccc23)cc1. The van der Waals surface area contributed by atoms with Crippen molar-refractivity contribution in [3.8, 4) is 11.5 Å². The van der Waals surface area contributed by atoms with Gasteiger partial charge in [0.2, 0.25) is 5.91 Å². The number of benzene rings is 3. The molecule has 8 heteroatoms. The number of thiocarbonyl (C=S) groups is 1. The number of rotatable bonds is 4. The number of carbonyl (C=O) groups excluding carboxylic acids is 1. The van der Waals surface area contributed by atoms with E-state index in [0.29, 0.717) is 28.0 Å². The Hall–Kier alpha value is -3.65. The van der Waals surface area contributed by atoms with Gasteiger partial charge in [-0.25, -0.2) is 4.39 Å². The molecule has 2 aliphatic rings. The predicted molar refractivity (Wildman–Crippen MR) is 128 cm³/mol. The molecule has 0 unspecified atom stereocenters. The van der Waals surface area contributed by atoms with Crippen LogP contribution in [0.1, 0.15) is 18.5 Å². The maximum absolute atomic E-state index is 13.7. The maximum Gasteiger partial charge on any atom is 0.236 e. The van der Waals surface area contributed by atoms with Crippen LogP contribution in [0.2, 0.25) is 0 Å². The number of ether oxygens (including phenoxy) is 2. The van der Waals surface area contributed by atoms with Crippen LogP contribution in [0.25, 0.3) is 0 Å². The minimum atomic E-state index is -1.16. The summed E-state index contributed by atoms with van der Waals surface area (Å²) in [6.07, 6.45) is 0. The second-order valence-electron chi connectivity index (χ2n) is 8.13. The summed E-state index contributed by atoms with van der Waals surface area (Å²) in [5, 5.41) is 6.73. The van der Waals surface area contributed by atoms with Crippen molar-refractivity contribution in [3.63, 3.8) is 0 Å². The molecule has 6 nitrogen and oxygen atoms in total. The van der Waals surface area contributed by atoms with Crippen molar-refractivity contribution in [2.45, 2.75) is 18.7 Å². The number of halogens is 1. The molecule has 168 valence electrons. The van der Waals surface area contributed by atoms with Gasteiger partial charge in [-0.05, 0) is 73.7 Å². The zero-order valence-electron chi connectivity index (χ0n) is 18.0. The summed E-state index contributed by atoms with van der Waals surface area (Å²) in [5.74, 6) is 0.0961. The fourth-order valence-corrected chi connectivity index (χ4v) is 5.02. The first-order valence-electron chi connectivity index (χ1n) is 10.5. The number of hydrogen-bond donors (Lipinski definition) is 2. The van der Waals surface area contributed by atoms with Gasteiger partial charge in [0.25, 0.3) is 0 Å². The topological polar surface area (TPSA) is 62.8 Å². The Morgan fingerprint density at radius 2 is 1.82 bits per heavy atom. The van der Waals surface area contributed by atoms with Crippen LogP contribution in [-0.4, -0.2) is 23.9 Å². The first-order valence-corrected chi connectivity index (χ1v) is 10.9. The van der Waals surface area contributed by atoms with Gasteiger partial charge >= 0.3 is 0 Å². The van der Waals surface area contributed by atoms with Crippen molar-refractivity contribution >= 4 is 34.6 Å². The van der Waals surface area contributed by atoms with Crippen molar-refractivity contribution in [2.75, 3.05) is 17.3 Å². The predicted octanol–water partition coefficient (Wildman–Crippen LogP) is 4.63. The van der Waals surface area contributed by atoms with E-state index in [1.165, 1.54) is 12.1 Å². The van der Waals surface area contributed by atoms with Gasteiger partial charge in [0, 0.05) is 16.9 Å². The molecule has 2 aliphatic heterocycles. The lowest BCUT2D eigenvalue weighted by atomic mass is 9.78. The number of carbonyl (C=O) groups is 1. The van der Waals surface area contributed by atoms with E-state index >= 15 is 0 Å². The summed E-state index contributed by atoms with van der Waals surface area (Å²) in [6.45, 7) is 1.84. The van der Waals surface area contributed by atoms with E-state index in [-0.39, 0.29) is 11.7 Å². The van der Waals surface area contributed by atoms with Gasteiger partial charge in [-0.1, -0.05) is 18.2 Å². The Morgan fingerprint density at radius 1 is 1.12 bits per heavy atom. The molecule has 0 aliphatic carbocycles. The monoisotopic (exact) mass is 463 g/mol. The Labute approximate surface area is 196 Å². The molecule has 0 spiro atoms. The highest BCUT2D eigenvalue weighted by Gasteiger charge is 2.59. The van der Waals surface area contributed by atoms with E-state index in [9.17, 15) is 9.18 Å². The van der Waals surface area contributed by atoms with Gasteiger partial charge in [-0.15, -0.1) is 0 Å². The Bertz CT molecular complexity index is 1220. The lowest BCUT2D eigenvalue weighted by Gasteiger charge is -2.56. The standard InChI is InChI=1S/C25H22FN3O3S/c1-25-21(23(30)27-16-9-13-18(31-2)14-10-16)22(19-5-3-4-6-20(19)32-25)28-24(33)29(25)17-11-7-15(26)8-12-17/h3-14,21-22H,1-2H3,(H,27,30)(H,28,33)/t21-,22+,25+/m0/s1. The van der Waals surface area contributed by atoms with E-state index in [4.69, 9.17) is 21.7 Å². The number of anilines is 2. The summed E-state index contributed by atoms with van der Waals surface area (Å²) >= 11 is 5.69. The number of para-hydroxylation sites is 1. The number of fused-ring (bicyclic) bond motifs is 4. The van der Waals surface area contributed by atoms with E-state index < -0.39 is 17.7 Å². The molecule has 5 rings (SSSR count). The molecule has 2 bridgehead atoms. The smallest absolute Gasteiger partial charge is 0.236 e. The first-order chi connectivity index (χ1) is 15.9. The van der Waals surface area contributed by atoms with Gasteiger partial charge < -0.3 is 20.1 Å². The van der Waals surface area contributed by atoms with Crippen molar-refractivity contribution in [1.29, 1.82) is 0 Å². The highest BCUT2D eigenvalue weighted by atomic mass is 32.1. The quantitative estimate of drug-likeness (QED) is 0.550. The number of nitrogens with one attached hydrogen (secondary N) is 2. The fourth-order valence-electron chi connectivity index (χ4n) is 4.60. The van der Waals surface area contributed by atoms with Gasteiger partial charge in [-0.2, -0.15) is 0 Å². The molecule has 2 N–H and O–H groups in total. The van der Waals surface area contributed by atoms with Crippen LogP contribution >= 0.6 is 12.2 Å². The number of hydrogen-bond acceptors (Lipinski definition) is 4. The molecule has 2 heterocycles. The number of amides is 1. The molecule has 0 aromatic heterocycles. The highest BCUT2D eigenvalue weighted by Crippen LogP contribution is 2.49. The van der Waals surface area contributed by atoms with Crippen molar-refractivity contribution in [2.24, 2.45) is 5.92 Å². The van der Waals surface area contributed by atoms with Crippen LogP contribution in [-0.2, 0) is 4.79 Å². The third-order valence-corrected chi connectivity index (χ3v) is 6.43. The third-order valence-electron chi connectivity index (χ3n) is 6.13. The van der Waals surface area contributed by atoms with Gasteiger partial charge in [-0.3, -0.25) is 9.69 Å². The molecule has 0 radical (unpaired) electrons. The normalized spacial score (nSPS) is 23.1. The second kappa shape index (κ2) is 8.04. The molecule has 1 fully saturated rings. The lowest BCUT2D eigenvalue weighted by molar-refractivity contribution is -0.130. The van der Waals surface area contributed by atoms with E-state index in [2.05, 4.69) is 10.6 Å². The third kappa shape index (κ3) is 3.56. The Morgan fingerprint density at radius 3 is 2.52 bits per heavy atom. The Kier molecular flexibility index (Phi) is 5.17. The van der Waals surface area contributed by atoms with Crippen molar-refractivity contribution < 1.29 is 18.7 Å². The molecule has 3 aromatic rings. The minimum Gasteiger partial charge on any atom is -0.497 e. The lowest BCUT2D eigenvalue weighted by Crippen LogP contribution is -2.72. The average molecular weight is 464 g/mol. The molecular formula is C25H22FN3O3S. The van der Waals surface area contributed by atoms with Crippen LogP contribution in [0.5, 0.6) is 11.5 Å². The van der Waals surface area contributed by atoms with Gasteiger partial charge in [0.1, 0.15) is 23.2 Å². The van der Waals surface area contributed by atoms with Crippen LogP contribution in [0.15, 0.2) is 72.8 Å². The molecule has 0 saturated carbocycles. The van der Waals surface area contributed by atoms with Gasteiger partial charge in [0.05, 0.1) is 13.2 Å². The molecule has 33 heavy (non-hydrogen) atoms. The Balaban J connectivity index is 1.58. The zero-order chi connectivity index (χ0) is 23.2. The van der Waals surface area contributed by atoms with Crippen LogP contribution in [0.4, 0.5) is 15.8 Å². The summed E-state index contributed by atoms with van der Waals surface area (Å²) in [5.41, 5.74) is 0.954. The van der Waals surface area contributed by atoms with E-state index in [0.717, 1.165) is 5.56 Å². The molecule has 3 atom stereocenters. The van der Waals surface area contributed by atoms with Crippen LogP contribution < -0.4 is 25.0 Å². The molecular weight excluding hydrogens is 441 g/mol. The van der Waals surface area contributed by atoms with Crippen molar-refractivity contribution in [1.82, 2.24) is 5.32 Å². The zero-order valence-corrected chi connectivity index (χ0v) is 18.9. The minimum absolute atomic E-state index is 0.232. The maximum atomic E-state index is 13.7. The van der Waals surface area contributed by atoms with E-state index in [1.54, 1.807) is 48.4 Å².